The van der Waals surface area contributed by atoms with Gasteiger partial charge in [-0.25, -0.2) is 0 Å². The maximum atomic E-state index is 11.6. The van der Waals surface area contributed by atoms with Gasteiger partial charge in [-0.15, -0.1) is 5.11 Å². The topological polar surface area (TPSA) is 108 Å². The quantitative estimate of drug-likeness (QED) is 0.0964. The number of aliphatic carboxylic acids is 1. The highest BCUT2D eigenvalue weighted by Gasteiger charge is 2.14. The van der Waals surface area contributed by atoms with Gasteiger partial charge in [-0.05, 0) is 48.7 Å². The van der Waals surface area contributed by atoms with Crippen molar-refractivity contribution in [2.24, 2.45) is 10.2 Å². The Morgan fingerprint density at radius 1 is 0.917 bits per heavy atom. The molecule has 0 spiro atoms. The van der Waals surface area contributed by atoms with Gasteiger partial charge in [0.2, 0.25) is 0 Å². The molecular weight excluding hydrogens is 456 g/mol. The van der Waals surface area contributed by atoms with Gasteiger partial charge in [-0.3, -0.25) is 14.9 Å². The number of unbranched alkanes of at least 4 members (excludes halogenated alkanes) is 9. The summed E-state index contributed by atoms with van der Waals surface area (Å²) in [5.74, 6) is -0.844. The van der Waals surface area contributed by atoms with Crippen LogP contribution in [0.4, 0.5) is 22.7 Å². The molecule has 2 rings (SSSR count). The molecule has 196 valence electrons. The molecule has 0 radical (unpaired) electrons. The first-order chi connectivity index (χ1) is 17.4. The lowest BCUT2D eigenvalue weighted by molar-refractivity contribution is -0.384. The lowest BCUT2D eigenvalue weighted by Crippen LogP contribution is -2.20. The van der Waals surface area contributed by atoms with E-state index in [1.54, 1.807) is 24.3 Å². The van der Waals surface area contributed by atoms with Gasteiger partial charge in [0.25, 0.3) is 5.69 Å². The highest BCUT2D eigenvalue weighted by Crippen LogP contribution is 2.31. The van der Waals surface area contributed by atoms with Crippen LogP contribution in [0.5, 0.6) is 0 Å². The Kier molecular flexibility index (Phi) is 13.2. The molecule has 0 heterocycles. The number of nitro benzene ring substituents is 1. The third-order valence-corrected chi connectivity index (χ3v) is 6.28. The van der Waals surface area contributed by atoms with Gasteiger partial charge in [-0.2, -0.15) is 5.11 Å². The number of carboxylic acids is 1. The van der Waals surface area contributed by atoms with Crippen LogP contribution in [0.3, 0.4) is 0 Å². The van der Waals surface area contributed by atoms with E-state index >= 15 is 0 Å². The predicted octanol–water partition coefficient (Wildman–Crippen LogP) is 8.38. The molecule has 0 saturated heterocycles. The highest BCUT2D eigenvalue weighted by atomic mass is 16.6. The molecule has 8 nitrogen and oxygen atoms in total. The summed E-state index contributed by atoms with van der Waals surface area (Å²) < 4.78 is 0. The average molecular weight is 497 g/mol. The minimum absolute atomic E-state index is 0.0339. The van der Waals surface area contributed by atoms with Crippen molar-refractivity contribution >= 4 is 28.7 Å². The zero-order valence-electron chi connectivity index (χ0n) is 21.7. The van der Waals surface area contributed by atoms with E-state index in [2.05, 4.69) is 17.2 Å². The molecule has 0 fully saturated rings. The van der Waals surface area contributed by atoms with Gasteiger partial charge in [-0.1, -0.05) is 70.8 Å². The standard InChI is InChI=1S/C28H40N4O4/c1-3-4-5-6-7-8-9-10-11-12-13-23-14-19-26(27(22-23)32(35)36)30-29-24-15-17-25(18-16-24)31(2)21-20-28(33)34/h14-19,22H,3-13,20-21H2,1-2H3,(H,33,34). The van der Waals surface area contributed by atoms with Crippen LogP contribution in [0.15, 0.2) is 52.7 Å². The molecule has 2 aromatic carbocycles. The average Bonchev–Trinajstić information content (AvgIpc) is 2.87. The van der Waals surface area contributed by atoms with Crippen LogP contribution in [0.25, 0.3) is 0 Å². The summed E-state index contributed by atoms with van der Waals surface area (Å²) in [6.45, 7) is 2.63. The number of carbonyl (C=O) groups is 1. The fourth-order valence-corrected chi connectivity index (χ4v) is 4.05. The van der Waals surface area contributed by atoms with Gasteiger partial charge in [0.05, 0.1) is 17.0 Å². The SMILES string of the molecule is CCCCCCCCCCCCc1ccc(N=Nc2ccc(N(C)CCC(=O)O)cc2)c([N+](=O)[O-])c1. The maximum absolute atomic E-state index is 11.6. The first-order valence-electron chi connectivity index (χ1n) is 13.1. The van der Waals surface area contributed by atoms with E-state index in [1.165, 1.54) is 51.4 Å². The first-order valence-corrected chi connectivity index (χ1v) is 13.1. The van der Waals surface area contributed by atoms with Crippen molar-refractivity contribution in [3.8, 4) is 0 Å². The van der Waals surface area contributed by atoms with Crippen molar-refractivity contribution in [3.05, 3.63) is 58.1 Å². The van der Waals surface area contributed by atoms with Gasteiger partial charge >= 0.3 is 5.97 Å². The Morgan fingerprint density at radius 3 is 2.11 bits per heavy atom. The number of benzene rings is 2. The lowest BCUT2D eigenvalue weighted by atomic mass is 10.0. The van der Waals surface area contributed by atoms with Crippen molar-refractivity contribution in [3.63, 3.8) is 0 Å². The smallest absolute Gasteiger partial charge is 0.305 e. The van der Waals surface area contributed by atoms with Crippen LogP contribution in [0.1, 0.15) is 83.1 Å². The third kappa shape index (κ3) is 11.0. The molecule has 1 N–H and O–H groups in total. The normalized spacial score (nSPS) is 11.2. The van der Waals surface area contributed by atoms with Gasteiger partial charge < -0.3 is 10.0 Å². The molecule has 0 aliphatic rings. The van der Waals surface area contributed by atoms with E-state index in [1.807, 2.05) is 30.1 Å². The second-order valence-corrected chi connectivity index (χ2v) is 9.29. The zero-order chi connectivity index (χ0) is 26.2. The molecule has 0 unspecified atom stereocenters. The summed E-state index contributed by atoms with van der Waals surface area (Å²) in [7, 11) is 1.82. The molecular formula is C28H40N4O4. The number of aryl methyl sites for hydroxylation is 1. The Balaban J connectivity index is 1.84. The molecule has 0 bridgehead atoms. The van der Waals surface area contributed by atoms with E-state index in [0.717, 1.165) is 30.5 Å². The molecule has 0 amide bonds. The number of rotatable bonds is 18. The summed E-state index contributed by atoms with van der Waals surface area (Å²) >= 11 is 0. The molecule has 8 heteroatoms. The number of azo groups is 1. The van der Waals surface area contributed by atoms with Crippen LogP contribution in [-0.4, -0.2) is 29.6 Å². The second-order valence-electron chi connectivity index (χ2n) is 9.29. The van der Waals surface area contributed by atoms with Crippen molar-refractivity contribution in [2.75, 3.05) is 18.5 Å². The molecule has 0 aliphatic carbocycles. The number of nitrogens with zero attached hydrogens (tertiary/aromatic N) is 4. The lowest BCUT2D eigenvalue weighted by Gasteiger charge is -2.17. The first kappa shape index (κ1) is 28.9. The fraction of sp³-hybridized carbons (Fsp3) is 0.536. The number of carboxylic acid groups (broad SMARTS) is 1. The monoisotopic (exact) mass is 496 g/mol. The number of hydrogen-bond acceptors (Lipinski definition) is 6. The van der Waals surface area contributed by atoms with E-state index in [-0.39, 0.29) is 17.8 Å². The molecule has 2 aromatic rings. The second kappa shape index (κ2) is 16.4. The largest absolute Gasteiger partial charge is 0.481 e. The van der Waals surface area contributed by atoms with E-state index < -0.39 is 10.9 Å². The minimum atomic E-state index is -0.844. The highest BCUT2D eigenvalue weighted by molar-refractivity contribution is 5.67. The Labute approximate surface area is 214 Å². The van der Waals surface area contributed by atoms with E-state index in [4.69, 9.17) is 5.11 Å². The third-order valence-electron chi connectivity index (χ3n) is 6.28. The Hall–Kier alpha value is -3.29. The maximum Gasteiger partial charge on any atom is 0.305 e. The van der Waals surface area contributed by atoms with Gasteiger partial charge in [0, 0.05) is 25.3 Å². The van der Waals surface area contributed by atoms with Crippen molar-refractivity contribution < 1.29 is 14.8 Å². The van der Waals surface area contributed by atoms with Crippen LogP contribution >= 0.6 is 0 Å². The fourth-order valence-electron chi connectivity index (χ4n) is 4.05. The number of anilines is 1. The predicted molar refractivity (Wildman–Crippen MR) is 145 cm³/mol. The van der Waals surface area contributed by atoms with Crippen molar-refractivity contribution in [1.29, 1.82) is 0 Å². The van der Waals surface area contributed by atoms with E-state index in [0.29, 0.717) is 12.2 Å². The summed E-state index contributed by atoms with van der Waals surface area (Å²) in [6.07, 6.45) is 13.5. The van der Waals surface area contributed by atoms with Gasteiger partial charge in [0.15, 0.2) is 5.69 Å². The molecule has 0 saturated carbocycles. The summed E-state index contributed by atoms with van der Waals surface area (Å²) in [5, 5.41) is 28.7. The molecule has 36 heavy (non-hydrogen) atoms. The van der Waals surface area contributed by atoms with Crippen LogP contribution in [-0.2, 0) is 11.2 Å². The summed E-state index contributed by atoms with van der Waals surface area (Å²) in [4.78, 5) is 23.8. The number of nitro groups is 1. The van der Waals surface area contributed by atoms with Crippen molar-refractivity contribution in [1.82, 2.24) is 0 Å². The van der Waals surface area contributed by atoms with Crippen LogP contribution in [0.2, 0.25) is 0 Å². The van der Waals surface area contributed by atoms with Crippen molar-refractivity contribution in [2.45, 2.75) is 84.0 Å². The molecule has 0 atom stereocenters. The summed E-state index contributed by atoms with van der Waals surface area (Å²) in [5.41, 5.74) is 2.57. The minimum Gasteiger partial charge on any atom is -0.481 e. The Bertz CT molecular complexity index is 976. The van der Waals surface area contributed by atoms with Crippen LogP contribution < -0.4 is 4.90 Å². The Morgan fingerprint density at radius 2 is 1.53 bits per heavy atom. The molecule has 0 aromatic heterocycles. The molecule has 0 aliphatic heterocycles. The summed E-state index contributed by atoms with van der Waals surface area (Å²) in [6, 6.07) is 12.3. The van der Waals surface area contributed by atoms with Crippen LogP contribution in [0, 0.1) is 10.1 Å². The van der Waals surface area contributed by atoms with Gasteiger partial charge in [0.1, 0.15) is 0 Å². The number of hydrogen-bond donors (Lipinski definition) is 1. The van der Waals surface area contributed by atoms with E-state index in [9.17, 15) is 14.9 Å². The zero-order valence-corrected chi connectivity index (χ0v) is 21.7.